The van der Waals surface area contributed by atoms with Gasteiger partial charge in [-0.05, 0) is 89.0 Å². The van der Waals surface area contributed by atoms with E-state index in [2.05, 4.69) is 139 Å². The second-order valence-electron chi connectivity index (χ2n) is 13.1. The molecule has 10 rings (SSSR count). The normalized spacial score (nSPS) is 12.5. The number of hydrogen-bond donors (Lipinski definition) is 0. The average Bonchev–Trinajstić information content (AvgIpc) is 3.56. The smallest absolute Gasteiger partial charge is 0.0920 e. The molecular formula is C51H42N6S. The van der Waals surface area contributed by atoms with Gasteiger partial charge < -0.3 is 0 Å². The molecule has 1 aliphatic carbocycles. The van der Waals surface area contributed by atoms with E-state index in [1.54, 1.807) is 23.7 Å². The lowest BCUT2D eigenvalue weighted by molar-refractivity contribution is 1.15. The average molecular weight is 771 g/mol. The van der Waals surface area contributed by atoms with Gasteiger partial charge >= 0.3 is 0 Å². The molecule has 0 fully saturated rings. The Morgan fingerprint density at radius 2 is 1.29 bits per heavy atom. The van der Waals surface area contributed by atoms with E-state index in [9.17, 15) is 0 Å². The van der Waals surface area contributed by atoms with Crippen molar-refractivity contribution < 1.29 is 0 Å². The summed E-state index contributed by atoms with van der Waals surface area (Å²) >= 11 is 1.73. The molecule has 2 aliphatic rings. The highest BCUT2D eigenvalue weighted by Crippen LogP contribution is 2.26. The van der Waals surface area contributed by atoms with Gasteiger partial charge in [0.1, 0.15) is 0 Å². The molecule has 0 spiro atoms. The third-order valence-electron chi connectivity index (χ3n) is 8.99. The van der Waals surface area contributed by atoms with Crippen molar-refractivity contribution >= 4 is 57.1 Å². The minimum atomic E-state index is 0.869. The first kappa shape index (κ1) is 39.0. The van der Waals surface area contributed by atoms with Crippen LogP contribution in [0.2, 0.25) is 0 Å². The molecule has 0 amide bonds. The van der Waals surface area contributed by atoms with Gasteiger partial charge in [-0.15, -0.1) is 11.3 Å². The fourth-order valence-electron chi connectivity index (χ4n) is 6.15. The minimum absolute atomic E-state index is 0.869. The van der Waals surface area contributed by atoms with E-state index < -0.39 is 0 Å². The van der Waals surface area contributed by atoms with Crippen molar-refractivity contribution in [3.63, 3.8) is 0 Å². The second kappa shape index (κ2) is 20.6. The zero-order valence-electron chi connectivity index (χ0n) is 32.2. The van der Waals surface area contributed by atoms with Crippen molar-refractivity contribution in [2.24, 2.45) is 4.99 Å². The molecule has 282 valence electrons. The lowest BCUT2D eigenvalue weighted by Crippen LogP contribution is -2.28. The largest absolute Gasteiger partial charge is 0.259 e. The van der Waals surface area contributed by atoms with Crippen LogP contribution in [0.25, 0.3) is 61.5 Å². The number of nitrogens with zero attached hydrogens (tertiary/aromatic N) is 6. The summed E-state index contributed by atoms with van der Waals surface area (Å²) in [6.45, 7) is 2.13. The first-order valence-corrected chi connectivity index (χ1v) is 20.1. The Morgan fingerprint density at radius 1 is 0.621 bits per heavy atom. The molecule has 0 saturated carbocycles. The molecule has 1 aliphatic heterocycles. The van der Waals surface area contributed by atoms with Crippen LogP contribution in [-0.2, 0) is 0 Å². The van der Waals surface area contributed by atoms with E-state index in [4.69, 9.17) is 0 Å². The summed E-state index contributed by atoms with van der Waals surface area (Å²) < 4.78 is 0. The Labute approximate surface area is 343 Å². The highest BCUT2D eigenvalue weighted by atomic mass is 32.1. The molecule has 0 N–H and O–H groups in total. The third-order valence-corrected chi connectivity index (χ3v) is 9.96. The SMILES string of the molecule is C1=CC2=CC=c3cccnc3=C(C2)N=C1.CC/C=C\C=C/c1csc(-c2ccccn2)c1.c1ccc(-c2ccccn2)nc1.c1ccc2c(c1)ccc1cccnc12. The monoisotopic (exact) mass is 770 g/mol. The summed E-state index contributed by atoms with van der Waals surface area (Å²) in [4.78, 5) is 27.2. The number of allylic oxidation sites excluding steroid dienone is 6. The van der Waals surface area contributed by atoms with Crippen LogP contribution in [0.15, 0.2) is 205 Å². The van der Waals surface area contributed by atoms with Gasteiger partial charge in [0.15, 0.2) is 0 Å². The van der Waals surface area contributed by atoms with Crippen LogP contribution in [0.4, 0.5) is 0 Å². The van der Waals surface area contributed by atoms with Crippen LogP contribution in [0.1, 0.15) is 25.3 Å². The zero-order chi connectivity index (χ0) is 39.6. The van der Waals surface area contributed by atoms with Crippen LogP contribution < -0.4 is 10.6 Å². The number of aromatic nitrogens is 5. The Bertz CT molecular complexity index is 2750. The Balaban J connectivity index is 0.000000118. The van der Waals surface area contributed by atoms with E-state index in [0.717, 1.165) is 51.7 Å². The molecule has 0 atom stereocenters. The van der Waals surface area contributed by atoms with Gasteiger partial charge in [-0.25, -0.2) is 0 Å². The topological polar surface area (TPSA) is 76.8 Å². The number of hydrogen-bond acceptors (Lipinski definition) is 7. The molecule has 6 aromatic heterocycles. The van der Waals surface area contributed by atoms with Crippen LogP contribution >= 0.6 is 11.3 Å². The van der Waals surface area contributed by atoms with Crippen LogP contribution in [0.3, 0.4) is 0 Å². The van der Waals surface area contributed by atoms with Gasteiger partial charge in [0, 0.05) is 59.6 Å². The van der Waals surface area contributed by atoms with Crippen molar-refractivity contribution in [3.8, 4) is 22.0 Å². The molecule has 2 aromatic carbocycles. The Kier molecular flexibility index (Phi) is 13.9. The molecular weight excluding hydrogens is 729 g/mol. The van der Waals surface area contributed by atoms with Crippen molar-refractivity contribution in [1.29, 1.82) is 0 Å². The van der Waals surface area contributed by atoms with Gasteiger partial charge in [0.2, 0.25) is 0 Å². The quantitative estimate of drug-likeness (QED) is 0.129. The molecule has 0 saturated heterocycles. The first-order valence-electron chi connectivity index (χ1n) is 19.2. The van der Waals surface area contributed by atoms with Gasteiger partial charge in [0.25, 0.3) is 0 Å². The van der Waals surface area contributed by atoms with E-state index in [0.29, 0.717) is 0 Å². The van der Waals surface area contributed by atoms with Crippen molar-refractivity contribution in [2.45, 2.75) is 19.8 Å². The lowest BCUT2D eigenvalue weighted by atomic mass is 10.1. The number of aliphatic imine (C=N–C) groups is 1. The first-order chi connectivity index (χ1) is 28.7. The predicted octanol–water partition coefficient (Wildman–Crippen LogP) is 11.3. The zero-order valence-corrected chi connectivity index (χ0v) is 33.0. The molecule has 8 aromatic rings. The van der Waals surface area contributed by atoms with Crippen LogP contribution in [0.5, 0.6) is 0 Å². The van der Waals surface area contributed by atoms with Gasteiger partial charge in [0.05, 0.1) is 38.5 Å². The fraction of sp³-hybridized carbons (Fsp3) is 0.0588. The number of benzene rings is 2. The predicted molar refractivity (Wildman–Crippen MR) is 244 cm³/mol. The highest BCUT2D eigenvalue weighted by molar-refractivity contribution is 7.13. The summed E-state index contributed by atoms with van der Waals surface area (Å²) in [5, 5.41) is 7.98. The second-order valence-corrected chi connectivity index (χ2v) is 14.0. The molecule has 2 bridgehead atoms. The minimum Gasteiger partial charge on any atom is -0.259 e. The Hall–Kier alpha value is -7.22. The number of rotatable bonds is 5. The van der Waals surface area contributed by atoms with Gasteiger partial charge in [-0.3, -0.25) is 29.9 Å². The van der Waals surface area contributed by atoms with Crippen LogP contribution in [-0.4, -0.2) is 31.1 Å². The maximum Gasteiger partial charge on any atom is 0.0920 e. The summed E-state index contributed by atoms with van der Waals surface area (Å²) in [6, 6.07) is 40.4. The van der Waals surface area contributed by atoms with E-state index in [1.165, 1.54) is 32.2 Å². The summed E-state index contributed by atoms with van der Waals surface area (Å²) in [6.07, 6.45) is 29.5. The third kappa shape index (κ3) is 10.8. The van der Waals surface area contributed by atoms with Crippen molar-refractivity contribution in [2.75, 3.05) is 0 Å². The summed E-state index contributed by atoms with van der Waals surface area (Å²) in [5.41, 5.74) is 7.52. The molecule has 7 heterocycles. The van der Waals surface area contributed by atoms with E-state index in [1.807, 2.05) is 97.6 Å². The molecule has 6 nitrogen and oxygen atoms in total. The van der Waals surface area contributed by atoms with Crippen LogP contribution in [0, 0.1) is 0 Å². The maximum atomic E-state index is 4.43. The van der Waals surface area contributed by atoms with Crippen molar-refractivity contribution in [3.05, 3.63) is 216 Å². The molecule has 0 radical (unpaired) electrons. The van der Waals surface area contributed by atoms with Gasteiger partial charge in [-0.1, -0.05) is 116 Å². The summed E-state index contributed by atoms with van der Waals surface area (Å²) in [5.74, 6) is 0. The summed E-state index contributed by atoms with van der Waals surface area (Å²) in [7, 11) is 0. The number of pyridine rings is 5. The standard InChI is InChI=1S/C15H15NS.C13H10N2.C13H9N.C10H8N2/c1-2-3-4-5-8-13-11-15(17-12-13)14-9-6-7-10-16-14;1-3-10-5-6-11-4-2-8-15-13(11)12(9-10)14-7-1;1-2-6-12-10(4-1)7-8-11-5-3-9-14-13(11)12;1-3-7-11-9(5-1)10-6-2-4-8-12-10/h3-12H,2H2,1H3;1-8H,9H2;1-9H;1-8H/b4-3-,8-5-;;;. The van der Waals surface area contributed by atoms with E-state index in [-0.39, 0.29) is 0 Å². The molecule has 0 unspecified atom stereocenters. The number of thiophene rings is 1. The maximum absolute atomic E-state index is 4.43. The highest BCUT2D eigenvalue weighted by Gasteiger charge is 2.06. The van der Waals surface area contributed by atoms with Crippen molar-refractivity contribution in [1.82, 2.24) is 24.9 Å². The Morgan fingerprint density at radius 3 is 2.05 bits per heavy atom. The van der Waals surface area contributed by atoms with Gasteiger partial charge in [-0.2, -0.15) is 0 Å². The fourth-order valence-corrected chi connectivity index (χ4v) is 7.01. The molecule has 7 heteroatoms. The van der Waals surface area contributed by atoms with E-state index >= 15 is 0 Å². The molecule has 58 heavy (non-hydrogen) atoms. The lowest BCUT2D eigenvalue weighted by Gasteiger charge is -2.01. The number of fused-ring (bicyclic) bond motifs is 6.